The molecular formula is C26H28F3N3O3S2. The maximum atomic E-state index is 13.7. The Morgan fingerprint density at radius 3 is 2.49 bits per heavy atom. The number of thiazole rings is 1. The normalized spacial score (nSPS) is 20.2. The van der Waals surface area contributed by atoms with E-state index in [0.717, 1.165) is 43.1 Å². The van der Waals surface area contributed by atoms with Crippen molar-refractivity contribution in [2.75, 3.05) is 17.8 Å². The highest BCUT2D eigenvalue weighted by Crippen LogP contribution is 2.48. The molecule has 0 unspecified atom stereocenters. The van der Waals surface area contributed by atoms with Gasteiger partial charge < -0.3 is 10.1 Å². The van der Waals surface area contributed by atoms with Gasteiger partial charge in [-0.1, -0.05) is 12.1 Å². The van der Waals surface area contributed by atoms with E-state index >= 15 is 0 Å². The number of rotatable bonds is 5. The second kappa shape index (κ2) is 9.59. The van der Waals surface area contributed by atoms with Gasteiger partial charge in [0.2, 0.25) is 0 Å². The lowest BCUT2D eigenvalue weighted by molar-refractivity contribution is -0.137. The summed E-state index contributed by atoms with van der Waals surface area (Å²) in [5.41, 5.74) is 1.02. The summed E-state index contributed by atoms with van der Waals surface area (Å²) in [7, 11) is -3.90. The van der Waals surface area contributed by atoms with Gasteiger partial charge in [0, 0.05) is 29.1 Å². The van der Waals surface area contributed by atoms with Crippen molar-refractivity contribution in [1.82, 2.24) is 10.3 Å². The molecule has 3 heterocycles. The van der Waals surface area contributed by atoms with Crippen LogP contribution in [0.25, 0.3) is 0 Å². The fourth-order valence-corrected chi connectivity index (χ4v) is 7.08. The van der Waals surface area contributed by atoms with Crippen LogP contribution in [0.2, 0.25) is 0 Å². The van der Waals surface area contributed by atoms with Crippen molar-refractivity contribution >= 4 is 26.5 Å². The number of nitrogens with zero attached hydrogens (tertiary/aromatic N) is 1. The fourth-order valence-electron chi connectivity index (χ4n) is 5.28. The first-order valence-electron chi connectivity index (χ1n) is 12.1. The number of fused-ring (bicyclic) bond motifs is 1. The van der Waals surface area contributed by atoms with Crippen LogP contribution in [0.4, 0.5) is 18.3 Å². The summed E-state index contributed by atoms with van der Waals surface area (Å²) >= 11 is 1.17. The third-order valence-electron chi connectivity index (χ3n) is 6.98. The number of nitrogens with one attached hydrogen (secondary N) is 2. The van der Waals surface area contributed by atoms with Gasteiger partial charge >= 0.3 is 6.18 Å². The van der Waals surface area contributed by atoms with Crippen molar-refractivity contribution in [3.8, 4) is 5.75 Å². The molecule has 2 aliphatic heterocycles. The van der Waals surface area contributed by atoms with Gasteiger partial charge in [-0.3, -0.25) is 4.72 Å². The van der Waals surface area contributed by atoms with Crippen molar-refractivity contribution < 1.29 is 26.3 Å². The zero-order valence-corrected chi connectivity index (χ0v) is 22.1. The molecule has 5 rings (SSSR count). The number of sulfonamides is 1. The molecule has 3 aromatic rings. The summed E-state index contributed by atoms with van der Waals surface area (Å²) in [4.78, 5) is 4.01. The van der Waals surface area contributed by atoms with E-state index in [4.69, 9.17) is 4.74 Å². The summed E-state index contributed by atoms with van der Waals surface area (Å²) < 4.78 is 75.6. The molecule has 0 spiro atoms. The van der Waals surface area contributed by atoms with Gasteiger partial charge in [-0.2, -0.15) is 13.2 Å². The van der Waals surface area contributed by atoms with Crippen LogP contribution in [0.5, 0.6) is 5.75 Å². The number of halogens is 3. The zero-order valence-electron chi connectivity index (χ0n) is 20.4. The molecule has 1 atom stereocenters. The molecule has 6 nitrogen and oxygen atoms in total. The molecule has 37 heavy (non-hydrogen) atoms. The molecule has 11 heteroatoms. The first-order valence-corrected chi connectivity index (χ1v) is 14.5. The van der Waals surface area contributed by atoms with E-state index in [9.17, 15) is 21.6 Å². The number of piperidine rings is 1. The third-order valence-corrected chi connectivity index (χ3v) is 9.13. The van der Waals surface area contributed by atoms with Crippen LogP contribution >= 0.6 is 11.3 Å². The van der Waals surface area contributed by atoms with Crippen LogP contribution in [0.3, 0.4) is 0 Å². The van der Waals surface area contributed by atoms with Gasteiger partial charge in [0.05, 0.1) is 10.5 Å². The monoisotopic (exact) mass is 551 g/mol. The van der Waals surface area contributed by atoms with E-state index in [1.54, 1.807) is 17.5 Å². The van der Waals surface area contributed by atoms with E-state index in [1.807, 2.05) is 13.8 Å². The molecule has 2 N–H and O–H groups in total. The minimum Gasteiger partial charge on any atom is -0.487 e. The first-order chi connectivity index (χ1) is 17.4. The molecule has 0 aliphatic carbocycles. The summed E-state index contributed by atoms with van der Waals surface area (Å²) in [5, 5.41) is 5.21. The average Bonchev–Trinajstić information content (AvgIpc) is 3.34. The molecular weight excluding hydrogens is 523 g/mol. The maximum absolute atomic E-state index is 13.7. The number of alkyl halides is 3. The Morgan fingerprint density at radius 2 is 1.81 bits per heavy atom. The first kappa shape index (κ1) is 26.0. The van der Waals surface area contributed by atoms with E-state index in [2.05, 4.69) is 15.0 Å². The molecule has 1 saturated heterocycles. The Bertz CT molecular complexity index is 1380. The maximum Gasteiger partial charge on any atom is 0.416 e. The second-order valence-corrected chi connectivity index (χ2v) is 12.7. The van der Waals surface area contributed by atoms with Gasteiger partial charge in [-0.05, 0) is 81.4 Å². The minimum absolute atomic E-state index is 0.00936. The SMILES string of the molecule is CC1(C)C[C@H](c2ccc(C(F)(F)F)cc2C2CCNCC2)c2ccc(S(=O)(=O)Nc3nccs3)cc2O1. The summed E-state index contributed by atoms with van der Waals surface area (Å²) in [6.45, 7) is 5.32. The van der Waals surface area contributed by atoms with Crippen LogP contribution in [-0.2, 0) is 16.2 Å². The highest BCUT2D eigenvalue weighted by molar-refractivity contribution is 7.93. The van der Waals surface area contributed by atoms with Crippen molar-refractivity contribution in [2.24, 2.45) is 0 Å². The average molecular weight is 552 g/mol. The molecule has 198 valence electrons. The lowest BCUT2D eigenvalue weighted by Crippen LogP contribution is -2.36. The number of aromatic nitrogens is 1. The van der Waals surface area contributed by atoms with Crippen molar-refractivity contribution in [3.05, 3.63) is 70.2 Å². The van der Waals surface area contributed by atoms with Gasteiger partial charge in [0.25, 0.3) is 10.0 Å². The Balaban J connectivity index is 1.58. The van der Waals surface area contributed by atoms with Crippen molar-refractivity contribution in [2.45, 2.75) is 61.6 Å². The zero-order chi connectivity index (χ0) is 26.4. The van der Waals surface area contributed by atoms with Crippen molar-refractivity contribution in [3.63, 3.8) is 0 Å². The molecule has 2 aliphatic rings. The topological polar surface area (TPSA) is 80.3 Å². The number of hydrogen-bond donors (Lipinski definition) is 2. The van der Waals surface area contributed by atoms with Crippen LogP contribution < -0.4 is 14.8 Å². The smallest absolute Gasteiger partial charge is 0.416 e. The molecule has 1 fully saturated rings. The molecule has 2 aromatic carbocycles. The Kier molecular flexibility index (Phi) is 6.74. The number of benzene rings is 2. The minimum atomic E-state index is -4.43. The standard InChI is InChI=1S/C26H28F3N3O3S2/c1-25(2)15-22(19-5-3-17(26(27,28)29)13-21(19)16-7-9-30-10-8-16)20-6-4-18(14-23(20)35-25)37(33,34)32-24-31-11-12-36-24/h3-6,11-14,16,22,30H,7-10,15H2,1-2H3,(H,31,32)/t22-/m1/s1. The number of hydrogen-bond acceptors (Lipinski definition) is 6. The Morgan fingerprint density at radius 1 is 1.08 bits per heavy atom. The van der Waals surface area contributed by atoms with Crippen LogP contribution in [-0.4, -0.2) is 32.1 Å². The molecule has 0 amide bonds. The van der Waals surface area contributed by atoms with Gasteiger partial charge in [-0.25, -0.2) is 13.4 Å². The predicted octanol–water partition coefficient (Wildman–Crippen LogP) is 6.12. The molecule has 1 aromatic heterocycles. The Labute approximate surface area is 218 Å². The van der Waals surface area contributed by atoms with Crippen molar-refractivity contribution in [1.29, 1.82) is 0 Å². The van der Waals surface area contributed by atoms with Gasteiger partial charge in [-0.15, -0.1) is 11.3 Å². The third kappa shape index (κ3) is 5.49. The van der Waals surface area contributed by atoms with Gasteiger partial charge in [0.15, 0.2) is 5.13 Å². The molecule has 0 bridgehead atoms. The quantitative estimate of drug-likeness (QED) is 0.399. The highest BCUT2D eigenvalue weighted by atomic mass is 32.2. The Hall–Kier alpha value is -2.63. The largest absolute Gasteiger partial charge is 0.487 e. The number of ether oxygens (including phenoxy) is 1. The second-order valence-electron chi connectivity index (χ2n) is 10.1. The molecule has 0 saturated carbocycles. The summed E-state index contributed by atoms with van der Waals surface area (Å²) in [6.07, 6.45) is -0.857. The van der Waals surface area contributed by atoms with E-state index in [-0.39, 0.29) is 21.9 Å². The molecule has 0 radical (unpaired) electrons. The number of anilines is 1. The lowest BCUT2D eigenvalue weighted by atomic mass is 9.75. The summed E-state index contributed by atoms with van der Waals surface area (Å²) in [6, 6.07) is 8.79. The van der Waals surface area contributed by atoms with Crippen LogP contribution in [0.15, 0.2) is 52.9 Å². The van der Waals surface area contributed by atoms with E-state index < -0.39 is 27.4 Å². The predicted molar refractivity (Wildman–Crippen MR) is 137 cm³/mol. The van der Waals surface area contributed by atoms with Crippen LogP contribution in [0, 0.1) is 0 Å². The van der Waals surface area contributed by atoms with E-state index in [0.29, 0.717) is 17.7 Å². The van der Waals surface area contributed by atoms with E-state index in [1.165, 1.54) is 35.7 Å². The fraction of sp³-hybridized carbons (Fsp3) is 0.423. The lowest BCUT2D eigenvalue weighted by Gasteiger charge is -2.39. The van der Waals surface area contributed by atoms with Gasteiger partial charge in [0.1, 0.15) is 11.4 Å². The highest BCUT2D eigenvalue weighted by Gasteiger charge is 2.39. The summed E-state index contributed by atoms with van der Waals surface area (Å²) in [5.74, 6) is 0.184. The van der Waals surface area contributed by atoms with Crippen LogP contribution in [0.1, 0.15) is 67.2 Å².